The van der Waals surface area contributed by atoms with Gasteiger partial charge in [0.2, 0.25) is 5.91 Å². The van der Waals surface area contributed by atoms with E-state index < -0.39 is 41.4 Å². The van der Waals surface area contributed by atoms with Gasteiger partial charge in [-0.15, -0.1) is 0 Å². The van der Waals surface area contributed by atoms with E-state index in [1.165, 1.54) is 0 Å². The van der Waals surface area contributed by atoms with E-state index in [9.17, 15) is 24.0 Å². The first-order valence-electron chi connectivity index (χ1n) is 8.18. The Kier molecular flexibility index (Phi) is 9.31. The van der Waals surface area contributed by atoms with E-state index >= 15 is 0 Å². The summed E-state index contributed by atoms with van der Waals surface area (Å²) in [6.45, 7) is 8.62. The molecule has 10 nitrogen and oxygen atoms in total. The number of hydrazine groups is 1. The number of nitrogens with one attached hydrogen (secondary N) is 3. The lowest BCUT2D eigenvalue weighted by Gasteiger charge is -2.22. The van der Waals surface area contributed by atoms with Crippen LogP contribution in [-0.2, 0) is 23.9 Å². The first-order chi connectivity index (χ1) is 11.9. The van der Waals surface area contributed by atoms with Crippen LogP contribution >= 0.6 is 0 Å². The normalized spacial score (nSPS) is 13.3. The van der Waals surface area contributed by atoms with Crippen LogP contribution in [0.1, 0.15) is 47.5 Å². The summed E-state index contributed by atoms with van der Waals surface area (Å²) in [4.78, 5) is 58.1. The number of aldehydes is 1. The summed E-state index contributed by atoms with van der Waals surface area (Å²) in [6.07, 6.45) is 0.200. The summed E-state index contributed by atoms with van der Waals surface area (Å²) in [5.41, 5.74) is 8.06. The number of primary amides is 1. The topological polar surface area (TPSA) is 157 Å². The lowest BCUT2D eigenvalue weighted by Crippen LogP contribution is -2.52. The molecule has 10 heteroatoms. The van der Waals surface area contributed by atoms with Crippen molar-refractivity contribution in [2.75, 3.05) is 0 Å². The Morgan fingerprint density at radius 2 is 1.65 bits per heavy atom. The third kappa shape index (κ3) is 10.3. The maximum atomic E-state index is 12.4. The summed E-state index contributed by atoms with van der Waals surface area (Å²) in [5, 5.41) is 2.34. The van der Waals surface area contributed by atoms with Crippen LogP contribution in [0.25, 0.3) is 0 Å². The number of rotatable bonds is 8. The lowest BCUT2D eigenvalue weighted by molar-refractivity contribution is -0.156. The summed E-state index contributed by atoms with van der Waals surface area (Å²) in [6, 6.07) is -2.12. The van der Waals surface area contributed by atoms with Crippen molar-refractivity contribution >= 4 is 30.1 Å². The fourth-order valence-corrected chi connectivity index (χ4v) is 1.99. The van der Waals surface area contributed by atoms with E-state index in [1.807, 2.05) is 10.9 Å². The van der Waals surface area contributed by atoms with Gasteiger partial charge in [0.25, 0.3) is 5.91 Å². The van der Waals surface area contributed by atoms with E-state index in [0.29, 0.717) is 6.29 Å². The minimum Gasteiger partial charge on any atom is -0.460 e. The molecule has 5 N–H and O–H groups in total. The van der Waals surface area contributed by atoms with Gasteiger partial charge < -0.3 is 20.6 Å². The molecule has 0 aliphatic carbocycles. The number of hydrogen-bond acceptors (Lipinski definition) is 6. The molecule has 0 radical (unpaired) electrons. The average molecular weight is 372 g/mol. The second-order valence-corrected chi connectivity index (χ2v) is 7.20. The van der Waals surface area contributed by atoms with Crippen molar-refractivity contribution in [1.82, 2.24) is 16.2 Å². The monoisotopic (exact) mass is 372 g/mol. The molecule has 0 spiro atoms. The van der Waals surface area contributed by atoms with E-state index in [4.69, 9.17) is 10.5 Å². The molecule has 0 aliphatic heterocycles. The number of urea groups is 1. The molecule has 26 heavy (non-hydrogen) atoms. The lowest BCUT2D eigenvalue weighted by atomic mass is 9.95. The first-order valence-corrected chi connectivity index (χ1v) is 8.18. The van der Waals surface area contributed by atoms with Gasteiger partial charge in [-0.05, 0) is 33.1 Å². The fourth-order valence-electron chi connectivity index (χ4n) is 1.99. The molecule has 0 saturated carbocycles. The second-order valence-electron chi connectivity index (χ2n) is 7.20. The highest BCUT2D eigenvalue weighted by molar-refractivity contribution is 6.01. The zero-order chi connectivity index (χ0) is 20.5. The maximum Gasteiger partial charge on any atom is 0.330 e. The highest BCUT2D eigenvalue weighted by atomic mass is 16.6. The van der Waals surface area contributed by atoms with Crippen molar-refractivity contribution in [2.45, 2.75) is 59.1 Å². The molecule has 0 bridgehead atoms. The summed E-state index contributed by atoms with van der Waals surface area (Å²) in [5.74, 6) is -3.39. The molecule has 2 unspecified atom stereocenters. The van der Waals surface area contributed by atoms with Gasteiger partial charge in [0.15, 0.2) is 0 Å². The Hall–Kier alpha value is -2.65. The van der Waals surface area contributed by atoms with Gasteiger partial charge in [-0.3, -0.25) is 19.8 Å². The second kappa shape index (κ2) is 10.4. The van der Waals surface area contributed by atoms with Crippen LogP contribution in [0, 0.1) is 11.8 Å². The van der Waals surface area contributed by atoms with Gasteiger partial charge in [-0.2, -0.15) is 0 Å². The van der Waals surface area contributed by atoms with Gasteiger partial charge >= 0.3 is 12.0 Å². The maximum absolute atomic E-state index is 12.4. The smallest absolute Gasteiger partial charge is 0.330 e. The van der Waals surface area contributed by atoms with Crippen molar-refractivity contribution in [1.29, 1.82) is 0 Å². The van der Waals surface area contributed by atoms with Crippen molar-refractivity contribution in [3.63, 3.8) is 0 Å². The quantitative estimate of drug-likeness (QED) is 0.199. The van der Waals surface area contributed by atoms with Crippen LogP contribution in [-0.4, -0.2) is 41.7 Å². The summed E-state index contributed by atoms with van der Waals surface area (Å²) >= 11 is 0. The van der Waals surface area contributed by atoms with Crippen molar-refractivity contribution in [3.8, 4) is 0 Å². The largest absolute Gasteiger partial charge is 0.460 e. The van der Waals surface area contributed by atoms with E-state index in [2.05, 4.69) is 5.32 Å². The van der Waals surface area contributed by atoms with E-state index in [1.54, 1.807) is 34.6 Å². The molecule has 0 rings (SSSR count). The molecule has 148 valence electrons. The molecule has 0 aromatic heterocycles. The number of hydrogen-bond donors (Lipinski definition) is 4. The number of nitrogens with two attached hydrogens (primary N) is 1. The number of ether oxygens (including phenoxy) is 1. The van der Waals surface area contributed by atoms with Crippen LogP contribution in [0.5, 0.6) is 0 Å². The molecular weight excluding hydrogens is 344 g/mol. The highest BCUT2D eigenvalue weighted by Crippen LogP contribution is 2.13. The van der Waals surface area contributed by atoms with Gasteiger partial charge in [0.05, 0.1) is 12.5 Å². The Balaban J connectivity index is 4.96. The number of esters is 1. The minimum atomic E-state index is -1.18. The minimum absolute atomic E-state index is 0.0226. The van der Waals surface area contributed by atoms with Crippen molar-refractivity contribution in [2.24, 2.45) is 17.6 Å². The third-order valence-corrected chi connectivity index (χ3v) is 2.95. The molecule has 0 aromatic carbocycles. The molecule has 4 amide bonds. The van der Waals surface area contributed by atoms with Crippen LogP contribution in [0.3, 0.4) is 0 Å². The van der Waals surface area contributed by atoms with Gasteiger partial charge in [-0.1, -0.05) is 13.8 Å². The van der Waals surface area contributed by atoms with Gasteiger partial charge in [0.1, 0.15) is 17.8 Å². The van der Waals surface area contributed by atoms with Crippen LogP contribution in [0.15, 0.2) is 0 Å². The number of carbonyl (C=O) groups excluding carboxylic acids is 5. The zero-order valence-corrected chi connectivity index (χ0v) is 15.8. The molecule has 0 aromatic rings. The Labute approximate surface area is 152 Å². The zero-order valence-electron chi connectivity index (χ0n) is 15.8. The average Bonchev–Trinajstić information content (AvgIpc) is 2.47. The first kappa shape index (κ1) is 23.4. The Bertz CT molecular complexity index is 541. The predicted molar refractivity (Wildman–Crippen MR) is 92.3 cm³/mol. The molecule has 2 atom stereocenters. The molecule has 0 fully saturated rings. The van der Waals surface area contributed by atoms with Crippen LogP contribution < -0.4 is 21.9 Å². The standard InChI is InChI=1S/C16H28N4O6/c1-9(2)6-11(14(24)19-20-15(17)25)13(23)18-10(8-21)7-12(22)26-16(3,4)5/h8-11H,6-7H2,1-5H3,(H,18,23)(H,19,24)(H3,17,20,25). The summed E-state index contributed by atoms with van der Waals surface area (Å²) < 4.78 is 5.10. The van der Waals surface area contributed by atoms with Crippen molar-refractivity contribution in [3.05, 3.63) is 0 Å². The van der Waals surface area contributed by atoms with Gasteiger partial charge in [0, 0.05) is 0 Å². The van der Waals surface area contributed by atoms with Crippen LogP contribution in [0.4, 0.5) is 4.79 Å². The number of carbonyl (C=O) groups is 5. The molecule has 0 saturated heterocycles. The molecule has 0 aliphatic rings. The molecule has 0 heterocycles. The van der Waals surface area contributed by atoms with Crippen molar-refractivity contribution < 1.29 is 28.7 Å². The SMILES string of the molecule is CC(C)CC(C(=O)NNC(N)=O)C(=O)NC(C=O)CC(=O)OC(C)(C)C. The molecular formula is C16H28N4O6. The van der Waals surface area contributed by atoms with E-state index in [0.717, 1.165) is 0 Å². The third-order valence-electron chi connectivity index (χ3n) is 2.95. The van der Waals surface area contributed by atoms with Gasteiger partial charge in [-0.25, -0.2) is 10.2 Å². The Morgan fingerprint density at radius 1 is 1.08 bits per heavy atom. The van der Waals surface area contributed by atoms with E-state index in [-0.39, 0.29) is 18.8 Å². The summed E-state index contributed by atoms with van der Waals surface area (Å²) in [7, 11) is 0. The highest BCUT2D eigenvalue weighted by Gasteiger charge is 2.30. The Morgan fingerprint density at radius 3 is 2.08 bits per heavy atom. The predicted octanol–water partition coefficient (Wildman–Crippen LogP) is -0.236. The number of amides is 4. The fraction of sp³-hybridized carbons (Fsp3) is 0.688. The van der Waals surface area contributed by atoms with Crippen LogP contribution in [0.2, 0.25) is 0 Å².